The van der Waals surface area contributed by atoms with E-state index in [-0.39, 0.29) is 5.97 Å². The first kappa shape index (κ1) is 23.5. The SMILES string of the molecule is O=C(O/C(=C/[P+](c1ccccc1)(c1ccccc1)c1ccccc1)c1ccccc1)c1ccccc1. The van der Waals surface area contributed by atoms with E-state index in [1.165, 1.54) is 15.9 Å². The first-order valence-electron chi connectivity index (χ1n) is 11.9. The number of carbonyl (C=O) groups excluding carboxylic acids is 1. The van der Waals surface area contributed by atoms with Crippen molar-refractivity contribution in [2.45, 2.75) is 0 Å². The second kappa shape index (κ2) is 11.0. The molecule has 0 aliphatic carbocycles. The van der Waals surface area contributed by atoms with Crippen molar-refractivity contribution in [1.82, 2.24) is 0 Å². The molecule has 0 aliphatic heterocycles. The van der Waals surface area contributed by atoms with Crippen LogP contribution < -0.4 is 15.9 Å². The van der Waals surface area contributed by atoms with Gasteiger partial charge >= 0.3 is 5.97 Å². The molecule has 0 saturated carbocycles. The molecular formula is C33H26O2P+. The number of carbonyl (C=O) groups is 1. The molecule has 0 aromatic heterocycles. The minimum absolute atomic E-state index is 0.377. The summed E-state index contributed by atoms with van der Waals surface area (Å²) in [6, 6.07) is 50.6. The van der Waals surface area contributed by atoms with E-state index in [2.05, 4.69) is 78.6 Å². The smallest absolute Gasteiger partial charge is 0.343 e. The maximum Gasteiger partial charge on any atom is 0.343 e. The Morgan fingerprint density at radius 2 is 0.806 bits per heavy atom. The Balaban J connectivity index is 1.79. The Morgan fingerprint density at radius 3 is 1.19 bits per heavy atom. The average Bonchev–Trinajstić information content (AvgIpc) is 2.97. The van der Waals surface area contributed by atoms with Crippen molar-refractivity contribution >= 4 is 34.9 Å². The van der Waals surface area contributed by atoms with E-state index in [4.69, 9.17) is 4.74 Å². The molecule has 0 aliphatic rings. The Bertz CT molecular complexity index is 1340. The molecule has 2 nitrogen and oxygen atoms in total. The highest BCUT2D eigenvalue weighted by atomic mass is 31.2. The van der Waals surface area contributed by atoms with Gasteiger partial charge in [0.05, 0.1) is 5.56 Å². The molecule has 0 radical (unpaired) electrons. The topological polar surface area (TPSA) is 26.3 Å². The number of esters is 1. The third kappa shape index (κ3) is 4.91. The first-order chi connectivity index (χ1) is 17.8. The van der Waals surface area contributed by atoms with E-state index in [9.17, 15) is 4.79 Å². The fourth-order valence-electron chi connectivity index (χ4n) is 4.33. The maximum atomic E-state index is 13.3. The Hall–Kier alpha value is -4.26. The van der Waals surface area contributed by atoms with Crippen LogP contribution in [0.5, 0.6) is 0 Å². The van der Waals surface area contributed by atoms with Gasteiger partial charge in [-0.3, -0.25) is 0 Å². The van der Waals surface area contributed by atoms with Crippen LogP contribution in [0.4, 0.5) is 0 Å². The van der Waals surface area contributed by atoms with Gasteiger partial charge in [-0.25, -0.2) is 4.79 Å². The monoisotopic (exact) mass is 485 g/mol. The number of ether oxygens (including phenoxy) is 1. The summed E-state index contributed by atoms with van der Waals surface area (Å²) in [6.45, 7) is 0. The van der Waals surface area contributed by atoms with Gasteiger partial charge < -0.3 is 4.74 Å². The van der Waals surface area contributed by atoms with Gasteiger partial charge in [0, 0.05) is 5.56 Å². The summed E-state index contributed by atoms with van der Waals surface area (Å²) in [7, 11) is -2.36. The molecule has 0 spiro atoms. The van der Waals surface area contributed by atoms with Crippen molar-refractivity contribution in [3.8, 4) is 0 Å². The van der Waals surface area contributed by atoms with Crippen LogP contribution in [0.3, 0.4) is 0 Å². The van der Waals surface area contributed by atoms with Gasteiger partial charge in [-0.05, 0) is 48.5 Å². The van der Waals surface area contributed by atoms with Gasteiger partial charge in [-0.1, -0.05) is 103 Å². The molecule has 5 aromatic carbocycles. The summed E-state index contributed by atoms with van der Waals surface area (Å²) in [6.07, 6.45) is 0. The fourth-order valence-corrected chi connectivity index (χ4v) is 8.15. The average molecular weight is 486 g/mol. The van der Waals surface area contributed by atoms with Crippen LogP contribution in [0, 0.1) is 0 Å². The molecule has 0 heterocycles. The van der Waals surface area contributed by atoms with Gasteiger partial charge in [0.1, 0.15) is 29.0 Å². The zero-order chi connectivity index (χ0) is 24.6. The first-order valence-corrected chi connectivity index (χ1v) is 13.7. The Kier molecular flexibility index (Phi) is 7.17. The quantitative estimate of drug-likeness (QED) is 0.143. The lowest BCUT2D eigenvalue weighted by Gasteiger charge is -2.25. The third-order valence-electron chi connectivity index (χ3n) is 6.07. The fraction of sp³-hybridized carbons (Fsp3) is 0. The predicted octanol–water partition coefficient (Wildman–Crippen LogP) is 6.84. The number of rotatable bonds is 7. The zero-order valence-corrected chi connectivity index (χ0v) is 20.7. The second-order valence-corrected chi connectivity index (χ2v) is 11.6. The van der Waals surface area contributed by atoms with E-state index in [1.807, 2.05) is 66.7 Å². The molecule has 5 rings (SSSR count). The van der Waals surface area contributed by atoms with Crippen LogP contribution in [0.2, 0.25) is 0 Å². The summed E-state index contributed by atoms with van der Waals surface area (Å²) >= 11 is 0. The minimum Gasteiger partial charge on any atom is -0.419 e. The van der Waals surface area contributed by atoms with Crippen molar-refractivity contribution in [2.24, 2.45) is 0 Å². The van der Waals surface area contributed by atoms with E-state index in [1.54, 1.807) is 12.1 Å². The lowest BCUT2D eigenvalue weighted by Crippen LogP contribution is -2.30. The van der Waals surface area contributed by atoms with E-state index >= 15 is 0 Å². The van der Waals surface area contributed by atoms with Crippen molar-refractivity contribution in [3.05, 3.63) is 169 Å². The maximum absolute atomic E-state index is 13.3. The Morgan fingerprint density at radius 1 is 0.472 bits per heavy atom. The number of hydrogen-bond donors (Lipinski definition) is 0. The van der Waals surface area contributed by atoms with Crippen molar-refractivity contribution in [3.63, 3.8) is 0 Å². The standard InChI is InChI=1S/C33H26O2P/c34-33(28-18-8-2-9-19-28)35-32(27-16-6-1-7-17-27)26-36(29-20-10-3-11-21-29,30-22-12-4-13-23-30)31-24-14-5-15-25-31/h1-26H/q+1/b32-26+. The molecule has 0 amide bonds. The molecule has 36 heavy (non-hydrogen) atoms. The molecule has 0 N–H and O–H groups in total. The van der Waals surface area contributed by atoms with Crippen LogP contribution in [0.25, 0.3) is 5.76 Å². The van der Waals surface area contributed by atoms with Gasteiger partial charge in [0.25, 0.3) is 0 Å². The number of hydrogen-bond acceptors (Lipinski definition) is 2. The molecule has 0 saturated heterocycles. The van der Waals surface area contributed by atoms with Crippen molar-refractivity contribution < 1.29 is 9.53 Å². The summed E-state index contributed by atoms with van der Waals surface area (Å²) in [5.74, 6) is 2.37. The second-order valence-electron chi connectivity index (χ2n) is 8.34. The highest BCUT2D eigenvalue weighted by molar-refractivity contribution is 7.98. The van der Waals surface area contributed by atoms with Crippen LogP contribution in [0.1, 0.15) is 15.9 Å². The molecule has 174 valence electrons. The van der Waals surface area contributed by atoms with Crippen molar-refractivity contribution in [1.29, 1.82) is 0 Å². The molecule has 0 fully saturated rings. The van der Waals surface area contributed by atoms with Crippen LogP contribution in [0.15, 0.2) is 157 Å². The minimum atomic E-state index is -2.36. The normalized spacial score (nSPS) is 11.6. The highest BCUT2D eigenvalue weighted by Gasteiger charge is 2.45. The molecule has 0 unspecified atom stereocenters. The lowest BCUT2D eigenvalue weighted by atomic mass is 10.2. The summed E-state index contributed by atoms with van der Waals surface area (Å²) < 4.78 is 6.19. The van der Waals surface area contributed by atoms with Gasteiger partial charge in [-0.15, -0.1) is 0 Å². The zero-order valence-electron chi connectivity index (χ0n) is 19.8. The lowest BCUT2D eigenvalue weighted by molar-refractivity contribution is 0.0692. The summed E-state index contributed by atoms with van der Waals surface area (Å²) in [4.78, 5) is 13.3. The van der Waals surface area contributed by atoms with E-state index < -0.39 is 7.26 Å². The number of benzene rings is 5. The molecule has 5 aromatic rings. The van der Waals surface area contributed by atoms with Gasteiger partial charge in [-0.2, -0.15) is 0 Å². The molecule has 0 atom stereocenters. The molecule has 0 bridgehead atoms. The summed E-state index contributed by atoms with van der Waals surface area (Å²) in [5, 5.41) is 3.56. The van der Waals surface area contributed by atoms with Crippen LogP contribution in [-0.2, 0) is 4.74 Å². The van der Waals surface area contributed by atoms with Crippen LogP contribution >= 0.6 is 7.26 Å². The largest absolute Gasteiger partial charge is 0.419 e. The van der Waals surface area contributed by atoms with E-state index in [0.29, 0.717) is 11.3 Å². The molecule has 3 heteroatoms. The van der Waals surface area contributed by atoms with Gasteiger partial charge in [0.15, 0.2) is 5.76 Å². The summed E-state index contributed by atoms with van der Waals surface area (Å²) in [5.41, 5.74) is 1.37. The Labute approximate surface area is 212 Å². The van der Waals surface area contributed by atoms with Crippen molar-refractivity contribution in [2.75, 3.05) is 0 Å². The van der Waals surface area contributed by atoms with Crippen LogP contribution in [-0.4, -0.2) is 5.97 Å². The predicted molar refractivity (Wildman–Crippen MR) is 151 cm³/mol. The highest BCUT2D eigenvalue weighted by Crippen LogP contribution is 2.58. The third-order valence-corrected chi connectivity index (χ3v) is 10.0. The van der Waals surface area contributed by atoms with Gasteiger partial charge in [0.2, 0.25) is 0 Å². The molecular weight excluding hydrogens is 459 g/mol. The van der Waals surface area contributed by atoms with E-state index in [0.717, 1.165) is 5.56 Å².